The van der Waals surface area contributed by atoms with Crippen molar-refractivity contribution in [1.29, 1.82) is 0 Å². The molecule has 0 aromatic carbocycles. The summed E-state index contributed by atoms with van der Waals surface area (Å²) in [5.41, 5.74) is 8.31. The molecule has 5 atom stereocenters. The van der Waals surface area contributed by atoms with Gasteiger partial charge in [0.05, 0.1) is 22.7 Å². The summed E-state index contributed by atoms with van der Waals surface area (Å²) in [6, 6.07) is 3.82. The Hall–Kier alpha value is -1.87. The predicted octanol–water partition coefficient (Wildman–Crippen LogP) is 4.65. The Balaban J connectivity index is 1.50. The minimum Gasteiger partial charge on any atom is -0.396 e. The van der Waals surface area contributed by atoms with Crippen LogP contribution in [0.2, 0.25) is 5.02 Å². The molecule has 0 bridgehead atoms. The number of nitrogen functional groups attached to an aromatic ring is 1. The third kappa shape index (κ3) is 5.35. The van der Waals surface area contributed by atoms with Gasteiger partial charge in [-0.2, -0.15) is 0 Å². The summed E-state index contributed by atoms with van der Waals surface area (Å²) >= 11 is 8.03. The standard InChI is InChI=1S/C25H35ClN4O3S/c1-5-14(12-19-17(26)8-10-34-19)11-15-7-9-29-23(20(15)27)30-18-13-16(24(31)28-6-2)21-22(18)33-25(3,4)32-21/h7-10,14,16,18,21-22H,5-6,11-13,27H2,1-4H3,(H,28,31)(H,29,30). The molecule has 0 radical (unpaired) electrons. The molecular formula is C25H35ClN4O3S. The number of anilines is 2. The van der Waals surface area contributed by atoms with Crippen LogP contribution in [0.15, 0.2) is 23.7 Å². The fourth-order valence-corrected chi connectivity index (χ4v) is 6.30. The van der Waals surface area contributed by atoms with E-state index in [0.717, 1.165) is 29.8 Å². The number of pyridine rings is 1. The normalized spacial score (nSPS) is 26.3. The lowest BCUT2D eigenvalue weighted by Gasteiger charge is -2.25. The van der Waals surface area contributed by atoms with Crippen molar-refractivity contribution in [3.8, 4) is 0 Å². The molecule has 2 aromatic heterocycles. The van der Waals surface area contributed by atoms with E-state index in [4.69, 9.17) is 26.8 Å². The van der Waals surface area contributed by atoms with Crippen molar-refractivity contribution < 1.29 is 14.3 Å². The molecule has 1 aliphatic carbocycles. The van der Waals surface area contributed by atoms with E-state index in [1.165, 1.54) is 4.88 Å². The molecule has 7 nitrogen and oxygen atoms in total. The molecule has 5 unspecified atom stereocenters. The van der Waals surface area contributed by atoms with E-state index in [2.05, 4.69) is 22.5 Å². The summed E-state index contributed by atoms with van der Waals surface area (Å²) in [7, 11) is 0. The third-order valence-electron chi connectivity index (χ3n) is 6.81. The number of fused-ring (bicyclic) bond motifs is 1. The number of carbonyl (C=O) groups excluding carboxylic acids is 1. The van der Waals surface area contributed by atoms with Gasteiger partial charge in [-0.25, -0.2) is 4.98 Å². The maximum atomic E-state index is 12.7. The van der Waals surface area contributed by atoms with Crippen LogP contribution in [-0.2, 0) is 27.1 Å². The fourth-order valence-electron chi connectivity index (χ4n) is 5.07. The predicted molar refractivity (Wildman–Crippen MR) is 137 cm³/mol. The maximum absolute atomic E-state index is 12.7. The van der Waals surface area contributed by atoms with Gasteiger partial charge in [-0.3, -0.25) is 4.79 Å². The monoisotopic (exact) mass is 506 g/mol. The first-order valence-corrected chi connectivity index (χ1v) is 13.3. The SMILES string of the molecule is CCNC(=O)C1CC(Nc2nccc(CC(CC)Cc3sccc3Cl)c2N)C2OC(C)(C)OC12. The summed E-state index contributed by atoms with van der Waals surface area (Å²) in [6.45, 7) is 8.47. The van der Waals surface area contributed by atoms with Crippen LogP contribution < -0.4 is 16.4 Å². The maximum Gasteiger partial charge on any atom is 0.225 e. The zero-order valence-corrected chi connectivity index (χ0v) is 21.8. The number of nitrogens with one attached hydrogen (secondary N) is 2. The lowest BCUT2D eigenvalue weighted by molar-refractivity contribution is -0.160. The minimum absolute atomic E-state index is 0.00388. The molecule has 1 amide bonds. The van der Waals surface area contributed by atoms with Crippen LogP contribution in [-0.4, -0.2) is 41.5 Å². The molecule has 2 aliphatic rings. The van der Waals surface area contributed by atoms with Crippen molar-refractivity contribution in [3.05, 3.63) is 39.2 Å². The highest BCUT2D eigenvalue weighted by atomic mass is 35.5. The Morgan fingerprint density at radius 3 is 2.74 bits per heavy atom. The average Bonchev–Trinajstić information content (AvgIpc) is 3.43. The van der Waals surface area contributed by atoms with Crippen LogP contribution in [0.3, 0.4) is 0 Å². The minimum atomic E-state index is -0.737. The molecule has 4 rings (SSSR count). The molecule has 4 N–H and O–H groups in total. The number of halogens is 1. The van der Waals surface area contributed by atoms with Crippen molar-refractivity contribution >= 4 is 40.4 Å². The highest BCUT2D eigenvalue weighted by molar-refractivity contribution is 7.10. The van der Waals surface area contributed by atoms with Gasteiger partial charge in [0.25, 0.3) is 0 Å². The van der Waals surface area contributed by atoms with Gasteiger partial charge in [-0.05, 0) is 69.0 Å². The van der Waals surface area contributed by atoms with E-state index >= 15 is 0 Å². The number of hydrogen-bond acceptors (Lipinski definition) is 7. The topological polar surface area (TPSA) is 98.5 Å². The second-order valence-corrected chi connectivity index (χ2v) is 11.1. The van der Waals surface area contributed by atoms with Crippen LogP contribution in [0.4, 0.5) is 11.5 Å². The molecule has 1 saturated carbocycles. The van der Waals surface area contributed by atoms with Gasteiger partial charge in [0.1, 0.15) is 18.0 Å². The number of aromatic nitrogens is 1. The summed E-state index contributed by atoms with van der Waals surface area (Å²) in [4.78, 5) is 18.5. The summed E-state index contributed by atoms with van der Waals surface area (Å²) in [5, 5.41) is 9.30. The first-order chi connectivity index (χ1) is 16.2. The zero-order valence-electron chi connectivity index (χ0n) is 20.3. The summed E-state index contributed by atoms with van der Waals surface area (Å²) < 4.78 is 12.3. The van der Waals surface area contributed by atoms with Crippen LogP contribution in [0.25, 0.3) is 0 Å². The average molecular weight is 507 g/mol. The second-order valence-electron chi connectivity index (χ2n) is 9.66. The van der Waals surface area contributed by atoms with Crippen LogP contribution >= 0.6 is 22.9 Å². The Labute approximate surface area is 210 Å². The van der Waals surface area contributed by atoms with Gasteiger partial charge < -0.3 is 25.8 Å². The van der Waals surface area contributed by atoms with E-state index in [1.807, 2.05) is 38.3 Å². The molecule has 2 aromatic rings. The number of nitrogens with two attached hydrogens (primary N) is 1. The summed E-state index contributed by atoms with van der Waals surface area (Å²) in [5.74, 6) is 0.0391. The third-order valence-corrected chi connectivity index (χ3v) is 8.22. The van der Waals surface area contributed by atoms with E-state index in [-0.39, 0.29) is 30.1 Å². The van der Waals surface area contributed by atoms with Gasteiger partial charge in [0.2, 0.25) is 5.91 Å². The molecular weight excluding hydrogens is 472 g/mol. The van der Waals surface area contributed by atoms with Gasteiger partial charge in [0.15, 0.2) is 5.79 Å². The second kappa shape index (κ2) is 10.4. The largest absolute Gasteiger partial charge is 0.396 e. The molecule has 2 fully saturated rings. The molecule has 186 valence electrons. The van der Waals surface area contributed by atoms with E-state index < -0.39 is 5.79 Å². The molecule has 34 heavy (non-hydrogen) atoms. The van der Waals surface area contributed by atoms with E-state index in [9.17, 15) is 4.79 Å². The highest BCUT2D eigenvalue weighted by Crippen LogP contribution is 2.43. The smallest absolute Gasteiger partial charge is 0.225 e. The zero-order chi connectivity index (χ0) is 24.5. The number of ether oxygens (including phenoxy) is 2. The molecule has 3 heterocycles. The van der Waals surface area contributed by atoms with Crippen molar-refractivity contribution in [2.24, 2.45) is 11.8 Å². The number of rotatable bonds is 9. The number of thiophene rings is 1. The first-order valence-electron chi connectivity index (χ1n) is 12.1. The lowest BCUT2D eigenvalue weighted by Crippen LogP contribution is -2.37. The van der Waals surface area contributed by atoms with E-state index in [0.29, 0.717) is 30.4 Å². The van der Waals surface area contributed by atoms with Crippen LogP contribution in [0.5, 0.6) is 0 Å². The van der Waals surface area contributed by atoms with Crippen molar-refractivity contribution in [1.82, 2.24) is 10.3 Å². The highest BCUT2D eigenvalue weighted by Gasteiger charge is 2.56. The van der Waals surface area contributed by atoms with Crippen LogP contribution in [0, 0.1) is 11.8 Å². The number of carbonyl (C=O) groups is 1. The van der Waals surface area contributed by atoms with Gasteiger partial charge in [-0.1, -0.05) is 24.9 Å². The Morgan fingerprint density at radius 2 is 2.06 bits per heavy atom. The van der Waals surface area contributed by atoms with Gasteiger partial charge in [0, 0.05) is 17.6 Å². The van der Waals surface area contributed by atoms with Crippen molar-refractivity contribution in [3.63, 3.8) is 0 Å². The number of hydrogen-bond donors (Lipinski definition) is 3. The quantitative estimate of drug-likeness (QED) is 0.458. The van der Waals surface area contributed by atoms with Crippen molar-refractivity contribution in [2.75, 3.05) is 17.6 Å². The van der Waals surface area contributed by atoms with Gasteiger partial charge in [-0.15, -0.1) is 11.3 Å². The summed E-state index contributed by atoms with van der Waals surface area (Å²) in [6.07, 6.45) is 4.64. The van der Waals surface area contributed by atoms with Crippen molar-refractivity contribution in [2.45, 2.75) is 77.4 Å². The molecule has 1 saturated heterocycles. The Morgan fingerprint density at radius 1 is 1.29 bits per heavy atom. The Kier molecular flexibility index (Phi) is 7.72. The molecule has 1 aliphatic heterocycles. The lowest BCUT2D eigenvalue weighted by atomic mass is 9.93. The molecule has 9 heteroatoms. The van der Waals surface area contributed by atoms with Crippen LogP contribution in [0.1, 0.15) is 51.0 Å². The van der Waals surface area contributed by atoms with E-state index in [1.54, 1.807) is 17.5 Å². The first kappa shape index (κ1) is 25.2. The fraction of sp³-hybridized carbons (Fsp3) is 0.600. The molecule has 0 spiro atoms. The number of amides is 1. The Bertz CT molecular complexity index is 1010. The van der Waals surface area contributed by atoms with Gasteiger partial charge >= 0.3 is 0 Å². The number of nitrogens with zero attached hydrogens (tertiary/aromatic N) is 1.